The summed E-state index contributed by atoms with van der Waals surface area (Å²) in [6.45, 7) is 0. The number of nitrogens with one attached hydrogen (secondary N) is 1. The molecule has 1 N–H and O–H groups in total. The van der Waals surface area contributed by atoms with Gasteiger partial charge in [0.05, 0.1) is 18.6 Å². The molecule has 1 atom stereocenters. The van der Waals surface area contributed by atoms with E-state index in [2.05, 4.69) is 15.3 Å². The molecule has 1 unspecified atom stereocenters. The monoisotopic (exact) mass is 243 g/mol. The van der Waals surface area contributed by atoms with Gasteiger partial charge in [0.15, 0.2) is 9.84 Å². The molecule has 2 rings (SSSR count). The molecule has 1 aliphatic rings. The molecular formula is C9H13N3O3S. The third kappa shape index (κ3) is 2.60. The van der Waals surface area contributed by atoms with Crippen molar-refractivity contribution in [3.05, 3.63) is 12.3 Å². The number of ether oxygens (including phenoxy) is 1. The summed E-state index contributed by atoms with van der Waals surface area (Å²) in [6, 6.07) is 1.54. The highest BCUT2D eigenvalue weighted by atomic mass is 32.2. The van der Waals surface area contributed by atoms with Crippen LogP contribution in [0.5, 0.6) is 5.88 Å². The predicted octanol–water partition coefficient (Wildman–Crippen LogP) is 0.0842. The summed E-state index contributed by atoms with van der Waals surface area (Å²) < 4.78 is 27.4. The summed E-state index contributed by atoms with van der Waals surface area (Å²) in [5.41, 5.74) is 0. The number of nitrogens with zero attached hydrogens (tertiary/aromatic N) is 2. The molecule has 1 fully saturated rings. The van der Waals surface area contributed by atoms with Crippen LogP contribution in [0.1, 0.15) is 6.42 Å². The third-order valence-electron chi connectivity index (χ3n) is 2.40. The van der Waals surface area contributed by atoms with Crippen molar-refractivity contribution in [1.82, 2.24) is 9.97 Å². The largest absolute Gasteiger partial charge is 0.481 e. The molecule has 1 aliphatic heterocycles. The third-order valence-corrected chi connectivity index (χ3v) is 4.17. The lowest BCUT2D eigenvalue weighted by Gasteiger charge is -2.10. The second-order valence-corrected chi connectivity index (χ2v) is 5.90. The van der Waals surface area contributed by atoms with Crippen LogP contribution in [0.4, 0.5) is 5.95 Å². The van der Waals surface area contributed by atoms with Gasteiger partial charge in [0.2, 0.25) is 11.8 Å². The summed E-state index contributed by atoms with van der Waals surface area (Å²) in [6.07, 6.45) is 2.17. The van der Waals surface area contributed by atoms with E-state index in [0.29, 0.717) is 18.2 Å². The van der Waals surface area contributed by atoms with E-state index in [-0.39, 0.29) is 17.5 Å². The fraction of sp³-hybridized carbons (Fsp3) is 0.556. The average molecular weight is 243 g/mol. The molecule has 88 valence electrons. The minimum absolute atomic E-state index is 0.0999. The summed E-state index contributed by atoms with van der Waals surface area (Å²) in [7, 11) is -1.36. The van der Waals surface area contributed by atoms with Crippen molar-refractivity contribution in [3.8, 4) is 5.88 Å². The normalized spacial score (nSPS) is 22.9. The first-order valence-electron chi connectivity index (χ1n) is 4.93. The first kappa shape index (κ1) is 11.1. The predicted molar refractivity (Wildman–Crippen MR) is 59.3 cm³/mol. The summed E-state index contributed by atoms with van der Waals surface area (Å²) in [5.74, 6) is 1.24. The first-order chi connectivity index (χ1) is 7.59. The zero-order chi connectivity index (χ0) is 11.6. The molecular weight excluding hydrogens is 230 g/mol. The number of rotatable bonds is 3. The van der Waals surface area contributed by atoms with E-state index in [4.69, 9.17) is 4.74 Å². The van der Waals surface area contributed by atoms with Gasteiger partial charge < -0.3 is 10.1 Å². The summed E-state index contributed by atoms with van der Waals surface area (Å²) >= 11 is 0. The van der Waals surface area contributed by atoms with Gasteiger partial charge in [0, 0.05) is 18.3 Å². The van der Waals surface area contributed by atoms with Crippen LogP contribution in [0, 0.1) is 0 Å². The maximum atomic E-state index is 11.2. The fourth-order valence-corrected chi connectivity index (χ4v) is 3.29. The molecule has 0 spiro atoms. The van der Waals surface area contributed by atoms with Gasteiger partial charge in [-0.3, -0.25) is 0 Å². The minimum atomic E-state index is -2.88. The highest BCUT2D eigenvalue weighted by molar-refractivity contribution is 7.91. The van der Waals surface area contributed by atoms with Crippen molar-refractivity contribution < 1.29 is 13.2 Å². The summed E-state index contributed by atoms with van der Waals surface area (Å²) in [5, 5.41) is 2.99. The van der Waals surface area contributed by atoms with E-state index in [9.17, 15) is 8.42 Å². The quantitative estimate of drug-likeness (QED) is 0.810. The number of methoxy groups -OCH3 is 1. The molecule has 2 heterocycles. The van der Waals surface area contributed by atoms with Gasteiger partial charge in [0.25, 0.3) is 0 Å². The molecule has 0 aliphatic carbocycles. The molecule has 0 bridgehead atoms. The van der Waals surface area contributed by atoms with Crippen LogP contribution in [0.15, 0.2) is 12.3 Å². The van der Waals surface area contributed by atoms with Gasteiger partial charge in [-0.1, -0.05) is 0 Å². The SMILES string of the molecule is COc1ccnc(NC2CCS(=O)(=O)C2)n1. The number of aromatic nitrogens is 2. The van der Waals surface area contributed by atoms with Gasteiger partial charge in [-0.2, -0.15) is 4.98 Å². The lowest BCUT2D eigenvalue weighted by atomic mass is 10.3. The lowest BCUT2D eigenvalue weighted by molar-refractivity contribution is 0.397. The molecule has 0 saturated carbocycles. The van der Waals surface area contributed by atoms with Crippen LogP contribution in [0.25, 0.3) is 0 Å². The van der Waals surface area contributed by atoms with Crippen LogP contribution in [0.2, 0.25) is 0 Å². The van der Waals surface area contributed by atoms with Gasteiger partial charge in [0.1, 0.15) is 0 Å². The van der Waals surface area contributed by atoms with Gasteiger partial charge in [-0.05, 0) is 6.42 Å². The van der Waals surface area contributed by atoms with Crippen molar-refractivity contribution >= 4 is 15.8 Å². The standard InChI is InChI=1S/C9H13N3O3S/c1-15-8-2-4-10-9(12-8)11-7-3-5-16(13,14)6-7/h2,4,7H,3,5-6H2,1H3,(H,10,11,12). The lowest BCUT2D eigenvalue weighted by Crippen LogP contribution is -2.21. The van der Waals surface area contributed by atoms with Crippen molar-refractivity contribution in [2.75, 3.05) is 23.9 Å². The smallest absolute Gasteiger partial charge is 0.226 e. The molecule has 0 aromatic carbocycles. The van der Waals surface area contributed by atoms with Gasteiger partial charge >= 0.3 is 0 Å². The van der Waals surface area contributed by atoms with E-state index in [0.717, 1.165) is 0 Å². The van der Waals surface area contributed by atoms with Crippen LogP contribution in [-0.4, -0.2) is 43.0 Å². The molecule has 0 radical (unpaired) electrons. The van der Waals surface area contributed by atoms with Crippen LogP contribution >= 0.6 is 0 Å². The zero-order valence-electron chi connectivity index (χ0n) is 8.88. The number of sulfone groups is 1. The zero-order valence-corrected chi connectivity index (χ0v) is 9.70. The fourth-order valence-electron chi connectivity index (χ4n) is 1.62. The molecule has 0 amide bonds. The highest BCUT2D eigenvalue weighted by Crippen LogP contribution is 2.16. The van der Waals surface area contributed by atoms with E-state index >= 15 is 0 Å². The highest BCUT2D eigenvalue weighted by Gasteiger charge is 2.28. The Labute approximate surface area is 94.0 Å². The Morgan fingerprint density at radius 3 is 3.00 bits per heavy atom. The molecule has 1 aromatic rings. The maximum Gasteiger partial charge on any atom is 0.226 e. The molecule has 6 nitrogen and oxygen atoms in total. The van der Waals surface area contributed by atoms with Crippen LogP contribution in [-0.2, 0) is 9.84 Å². The molecule has 7 heteroatoms. The Hall–Kier alpha value is -1.37. The number of anilines is 1. The van der Waals surface area contributed by atoms with E-state index in [1.54, 1.807) is 12.3 Å². The van der Waals surface area contributed by atoms with Crippen molar-refractivity contribution in [1.29, 1.82) is 0 Å². The Bertz CT molecular complexity index is 475. The first-order valence-corrected chi connectivity index (χ1v) is 6.75. The minimum Gasteiger partial charge on any atom is -0.481 e. The Balaban J connectivity index is 2.04. The number of hydrogen-bond donors (Lipinski definition) is 1. The topological polar surface area (TPSA) is 81.2 Å². The Morgan fingerprint density at radius 1 is 1.56 bits per heavy atom. The molecule has 1 aromatic heterocycles. The summed E-state index contributed by atoms with van der Waals surface area (Å²) in [4.78, 5) is 8.06. The van der Waals surface area contributed by atoms with E-state index in [1.165, 1.54) is 7.11 Å². The van der Waals surface area contributed by atoms with Crippen molar-refractivity contribution in [3.63, 3.8) is 0 Å². The Morgan fingerprint density at radius 2 is 2.38 bits per heavy atom. The van der Waals surface area contributed by atoms with Crippen LogP contribution in [0.3, 0.4) is 0 Å². The second-order valence-electron chi connectivity index (χ2n) is 3.67. The van der Waals surface area contributed by atoms with Crippen LogP contribution < -0.4 is 10.1 Å². The van der Waals surface area contributed by atoms with Gasteiger partial charge in [-0.25, -0.2) is 13.4 Å². The number of hydrogen-bond acceptors (Lipinski definition) is 6. The maximum absolute atomic E-state index is 11.2. The van der Waals surface area contributed by atoms with Crippen molar-refractivity contribution in [2.24, 2.45) is 0 Å². The van der Waals surface area contributed by atoms with E-state index < -0.39 is 9.84 Å². The van der Waals surface area contributed by atoms with E-state index in [1.807, 2.05) is 0 Å². The Kier molecular flexibility index (Phi) is 2.95. The molecule has 16 heavy (non-hydrogen) atoms. The van der Waals surface area contributed by atoms with Gasteiger partial charge in [-0.15, -0.1) is 0 Å². The second kappa shape index (κ2) is 4.25. The average Bonchev–Trinajstić information content (AvgIpc) is 2.58. The molecule has 1 saturated heterocycles. The van der Waals surface area contributed by atoms with Crippen molar-refractivity contribution in [2.45, 2.75) is 12.5 Å².